The van der Waals surface area contributed by atoms with Gasteiger partial charge in [-0.05, 0) is 30.3 Å². The van der Waals surface area contributed by atoms with E-state index >= 15 is 0 Å². The topological polar surface area (TPSA) is 67.4 Å². The molecule has 0 saturated heterocycles. The molecule has 0 aliphatic carbocycles. The van der Waals surface area contributed by atoms with Crippen molar-refractivity contribution in [1.82, 2.24) is 5.32 Å². The summed E-state index contributed by atoms with van der Waals surface area (Å²) < 4.78 is 5.05. The number of rotatable bonds is 5. The average molecular weight is 319 g/mol. The van der Waals surface area contributed by atoms with Crippen LogP contribution in [0.15, 0.2) is 48.5 Å². The second-order valence-corrected chi connectivity index (χ2v) is 4.85. The second-order valence-electron chi connectivity index (χ2n) is 4.44. The highest BCUT2D eigenvalue weighted by atomic mass is 35.5. The lowest BCUT2D eigenvalue weighted by molar-refractivity contribution is -0.115. The van der Waals surface area contributed by atoms with E-state index in [0.717, 1.165) is 0 Å². The predicted molar refractivity (Wildman–Crippen MR) is 85.4 cm³/mol. The Morgan fingerprint density at radius 3 is 2.64 bits per heavy atom. The van der Waals surface area contributed by atoms with Gasteiger partial charge in [0.1, 0.15) is 5.75 Å². The number of nitrogens with one attached hydrogen (secondary N) is 2. The first-order chi connectivity index (χ1) is 10.6. The number of para-hydroxylation sites is 1. The van der Waals surface area contributed by atoms with Crippen molar-refractivity contribution in [1.29, 1.82) is 0 Å². The van der Waals surface area contributed by atoms with Crippen LogP contribution in [0.25, 0.3) is 0 Å². The number of benzene rings is 2. The van der Waals surface area contributed by atoms with Gasteiger partial charge in [0.2, 0.25) is 5.91 Å². The summed E-state index contributed by atoms with van der Waals surface area (Å²) in [6, 6.07) is 13.6. The maximum absolute atomic E-state index is 12.0. The number of carbonyl (C=O) groups excluding carboxylic acids is 2. The van der Waals surface area contributed by atoms with Gasteiger partial charge in [0, 0.05) is 5.56 Å². The smallest absolute Gasteiger partial charge is 0.251 e. The van der Waals surface area contributed by atoms with E-state index in [2.05, 4.69) is 10.6 Å². The summed E-state index contributed by atoms with van der Waals surface area (Å²) in [7, 11) is 1.52. The lowest BCUT2D eigenvalue weighted by Gasteiger charge is -2.08. The largest absolute Gasteiger partial charge is 0.497 e. The molecule has 0 aromatic heterocycles. The zero-order valence-corrected chi connectivity index (χ0v) is 12.7. The molecule has 0 saturated carbocycles. The summed E-state index contributed by atoms with van der Waals surface area (Å²) in [6.45, 7) is -0.152. The zero-order chi connectivity index (χ0) is 15.9. The quantitative estimate of drug-likeness (QED) is 0.890. The molecule has 2 rings (SSSR count). The molecule has 114 valence electrons. The molecule has 0 aliphatic rings. The fourth-order valence-electron chi connectivity index (χ4n) is 1.78. The van der Waals surface area contributed by atoms with Gasteiger partial charge in [-0.1, -0.05) is 29.8 Å². The van der Waals surface area contributed by atoms with Crippen LogP contribution < -0.4 is 15.4 Å². The maximum atomic E-state index is 12.0. The Morgan fingerprint density at radius 1 is 1.14 bits per heavy atom. The number of ether oxygens (including phenoxy) is 1. The van der Waals surface area contributed by atoms with Crippen molar-refractivity contribution in [3.05, 3.63) is 59.1 Å². The second kappa shape index (κ2) is 7.47. The molecule has 2 aromatic carbocycles. The third-order valence-corrected chi connectivity index (χ3v) is 3.22. The van der Waals surface area contributed by atoms with E-state index in [1.54, 1.807) is 48.5 Å². The summed E-state index contributed by atoms with van der Waals surface area (Å²) in [5.74, 6) is -0.134. The number of anilines is 1. The van der Waals surface area contributed by atoms with Crippen LogP contribution in [-0.4, -0.2) is 25.5 Å². The Balaban J connectivity index is 1.90. The first kappa shape index (κ1) is 15.9. The molecule has 22 heavy (non-hydrogen) atoms. The lowest BCUT2D eigenvalue weighted by atomic mass is 10.2. The first-order valence-electron chi connectivity index (χ1n) is 6.57. The highest BCUT2D eigenvalue weighted by molar-refractivity contribution is 6.33. The number of carbonyl (C=O) groups is 2. The summed E-state index contributed by atoms with van der Waals surface area (Å²) >= 11 is 5.94. The van der Waals surface area contributed by atoms with E-state index in [4.69, 9.17) is 16.3 Å². The van der Waals surface area contributed by atoms with E-state index in [1.165, 1.54) is 7.11 Å². The van der Waals surface area contributed by atoms with Crippen LogP contribution in [0.2, 0.25) is 5.02 Å². The first-order valence-corrected chi connectivity index (χ1v) is 6.94. The van der Waals surface area contributed by atoms with Crippen molar-refractivity contribution < 1.29 is 14.3 Å². The van der Waals surface area contributed by atoms with Crippen LogP contribution in [-0.2, 0) is 4.79 Å². The third kappa shape index (κ3) is 4.23. The number of methoxy groups -OCH3 is 1. The van der Waals surface area contributed by atoms with Crippen molar-refractivity contribution in [3.8, 4) is 5.75 Å². The molecular weight excluding hydrogens is 304 g/mol. The van der Waals surface area contributed by atoms with Crippen LogP contribution in [0.5, 0.6) is 5.75 Å². The van der Waals surface area contributed by atoms with Gasteiger partial charge in [-0.3, -0.25) is 9.59 Å². The van der Waals surface area contributed by atoms with Gasteiger partial charge >= 0.3 is 0 Å². The fraction of sp³-hybridized carbons (Fsp3) is 0.125. The molecule has 0 bridgehead atoms. The molecule has 0 atom stereocenters. The van der Waals surface area contributed by atoms with Gasteiger partial charge in [0.15, 0.2) is 0 Å². The monoisotopic (exact) mass is 318 g/mol. The van der Waals surface area contributed by atoms with E-state index in [1.807, 2.05) is 0 Å². The molecule has 0 spiro atoms. The molecule has 0 heterocycles. The lowest BCUT2D eigenvalue weighted by Crippen LogP contribution is -2.32. The van der Waals surface area contributed by atoms with E-state index < -0.39 is 0 Å². The Kier molecular flexibility index (Phi) is 5.38. The SMILES string of the molecule is COc1cccc(C(=O)NCC(=O)Nc2ccccc2Cl)c1. The van der Waals surface area contributed by atoms with Gasteiger partial charge in [-0.25, -0.2) is 0 Å². The molecule has 2 N–H and O–H groups in total. The summed E-state index contributed by atoms with van der Waals surface area (Å²) in [5.41, 5.74) is 0.926. The number of hydrogen-bond acceptors (Lipinski definition) is 3. The number of hydrogen-bond donors (Lipinski definition) is 2. The van der Waals surface area contributed by atoms with Crippen LogP contribution in [0.4, 0.5) is 5.69 Å². The fourth-order valence-corrected chi connectivity index (χ4v) is 1.97. The summed E-state index contributed by atoms with van der Waals surface area (Å²) in [5, 5.41) is 5.61. The van der Waals surface area contributed by atoms with Crippen LogP contribution in [0, 0.1) is 0 Å². The zero-order valence-electron chi connectivity index (χ0n) is 11.9. The highest BCUT2D eigenvalue weighted by Crippen LogP contribution is 2.20. The highest BCUT2D eigenvalue weighted by Gasteiger charge is 2.10. The van der Waals surface area contributed by atoms with Crippen molar-refractivity contribution >= 4 is 29.1 Å². The van der Waals surface area contributed by atoms with Crippen molar-refractivity contribution in [2.24, 2.45) is 0 Å². The van der Waals surface area contributed by atoms with Crippen molar-refractivity contribution in [2.45, 2.75) is 0 Å². The van der Waals surface area contributed by atoms with E-state index in [-0.39, 0.29) is 18.4 Å². The Bertz CT molecular complexity index is 689. The molecule has 2 amide bonds. The Hall–Kier alpha value is -2.53. The molecule has 6 heteroatoms. The number of halogens is 1. The van der Waals surface area contributed by atoms with Gasteiger partial charge in [-0.2, -0.15) is 0 Å². The van der Waals surface area contributed by atoms with Crippen molar-refractivity contribution in [2.75, 3.05) is 19.0 Å². The summed E-state index contributed by atoms with van der Waals surface area (Å²) in [6.07, 6.45) is 0. The van der Waals surface area contributed by atoms with Gasteiger partial charge in [0.25, 0.3) is 5.91 Å². The molecule has 5 nitrogen and oxygen atoms in total. The van der Waals surface area contributed by atoms with E-state index in [0.29, 0.717) is 22.0 Å². The number of amides is 2. The normalized spacial score (nSPS) is 9.91. The minimum Gasteiger partial charge on any atom is -0.497 e. The van der Waals surface area contributed by atoms with Gasteiger partial charge < -0.3 is 15.4 Å². The molecule has 0 radical (unpaired) electrons. The average Bonchev–Trinajstić information content (AvgIpc) is 2.55. The standard InChI is InChI=1S/C16H15ClN2O3/c1-22-12-6-4-5-11(9-12)16(21)18-10-15(20)19-14-8-3-2-7-13(14)17/h2-9H,10H2,1H3,(H,18,21)(H,19,20). The van der Waals surface area contributed by atoms with Crippen LogP contribution in [0.3, 0.4) is 0 Å². The summed E-state index contributed by atoms with van der Waals surface area (Å²) in [4.78, 5) is 23.8. The van der Waals surface area contributed by atoms with Gasteiger partial charge in [-0.15, -0.1) is 0 Å². The van der Waals surface area contributed by atoms with Crippen LogP contribution in [0.1, 0.15) is 10.4 Å². The molecular formula is C16H15ClN2O3. The molecule has 0 aliphatic heterocycles. The molecule has 0 fully saturated rings. The van der Waals surface area contributed by atoms with Gasteiger partial charge in [0.05, 0.1) is 24.4 Å². The van der Waals surface area contributed by atoms with Crippen molar-refractivity contribution in [3.63, 3.8) is 0 Å². The minimum atomic E-state index is -0.357. The Labute approximate surface area is 133 Å². The molecule has 0 unspecified atom stereocenters. The van der Waals surface area contributed by atoms with Crippen LogP contribution >= 0.6 is 11.6 Å². The maximum Gasteiger partial charge on any atom is 0.251 e. The molecule has 2 aromatic rings. The third-order valence-electron chi connectivity index (χ3n) is 2.89. The van der Waals surface area contributed by atoms with E-state index in [9.17, 15) is 9.59 Å². The predicted octanol–water partition coefficient (Wildman–Crippen LogP) is 2.72. The minimum absolute atomic E-state index is 0.152. The Morgan fingerprint density at radius 2 is 1.91 bits per heavy atom.